The maximum absolute atomic E-state index is 5.91. The van der Waals surface area contributed by atoms with Crippen LogP contribution in [0.4, 0.5) is 0 Å². The maximum atomic E-state index is 5.91. The van der Waals surface area contributed by atoms with Gasteiger partial charge in [-0.05, 0) is 44.3 Å². The van der Waals surface area contributed by atoms with Crippen LogP contribution < -0.4 is 14.8 Å². The molecule has 2 rings (SSSR count). The van der Waals surface area contributed by atoms with Gasteiger partial charge in [-0.15, -0.1) is 0 Å². The molecule has 0 spiro atoms. The molecule has 0 radical (unpaired) electrons. The standard InChI is InChI=1S/C20H28N2O2/c1-16-5-7-17(8-6-16)15-24-19-10-9-18(13-20(19)23-4)14-21-11-12-22(2)3/h5-10,13,21H,11-12,14-15H2,1-4H3. The second-order valence-corrected chi connectivity index (χ2v) is 6.24. The summed E-state index contributed by atoms with van der Waals surface area (Å²) in [4.78, 5) is 2.16. The highest BCUT2D eigenvalue weighted by atomic mass is 16.5. The van der Waals surface area contributed by atoms with Crippen molar-refractivity contribution in [1.82, 2.24) is 10.2 Å². The predicted octanol–water partition coefficient (Wildman–Crippen LogP) is 3.23. The van der Waals surface area contributed by atoms with E-state index in [1.54, 1.807) is 7.11 Å². The van der Waals surface area contributed by atoms with Gasteiger partial charge in [0.25, 0.3) is 0 Å². The predicted molar refractivity (Wildman–Crippen MR) is 98.8 cm³/mol. The lowest BCUT2D eigenvalue weighted by atomic mass is 10.1. The second kappa shape index (κ2) is 9.30. The van der Waals surface area contributed by atoms with Crippen LogP contribution in [0.15, 0.2) is 42.5 Å². The van der Waals surface area contributed by atoms with Crippen LogP contribution in [-0.2, 0) is 13.2 Å². The Morgan fingerprint density at radius 3 is 2.33 bits per heavy atom. The molecule has 0 aliphatic heterocycles. The molecule has 0 saturated carbocycles. The van der Waals surface area contributed by atoms with Crippen molar-refractivity contribution in [2.75, 3.05) is 34.3 Å². The lowest BCUT2D eigenvalue weighted by Crippen LogP contribution is -2.26. The summed E-state index contributed by atoms with van der Waals surface area (Å²) in [7, 11) is 5.83. The normalized spacial score (nSPS) is 10.9. The van der Waals surface area contributed by atoms with Crippen LogP contribution in [0.25, 0.3) is 0 Å². The van der Waals surface area contributed by atoms with Gasteiger partial charge in [0.05, 0.1) is 7.11 Å². The molecule has 0 heterocycles. The minimum Gasteiger partial charge on any atom is -0.493 e. The quantitative estimate of drug-likeness (QED) is 0.717. The molecule has 0 aliphatic carbocycles. The van der Waals surface area contributed by atoms with Gasteiger partial charge in [0.15, 0.2) is 11.5 Å². The van der Waals surface area contributed by atoms with Gasteiger partial charge in [0.2, 0.25) is 0 Å². The van der Waals surface area contributed by atoms with Crippen LogP contribution in [0.5, 0.6) is 11.5 Å². The second-order valence-electron chi connectivity index (χ2n) is 6.24. The van der Waals surface area contributed by atoms with Gasteiger partial charge < -0.3 is 19.7 Å². The van der Waals surface area contributed by atoms with Crippen molar-refractivity contribution >= 4 is 0 Å². The van der Waals surface area contributed by atoms with Gasteiger partial charge in [-0.3, -0.25) is 0 Å². The summed E-state index contributed by atoms with van der Waals surface area (Å²) < 4.78 is 11.4. The van der Waals surface area contributed by atoms with Crippen molar-refractivity contribution in [1.29, 1.82) is 0 Å². The van der Waals surface area contributed by atoms with Crippen LogP contribution >= 0.6 is 0 Å². The molecule has 0 aromatic heterocycles. The highest BCUT2D eigenvalue weighted by molar-refractivity contribution is 5.43. The molecule has 4 heteroatoms. The molecule has 0 bridgehead atoms. The Morgan fingerprint density at radius 1 is 0.958 bits per heavy atom. The molecule has 4 nitrogen and oxygen atoms in total. The zero-order valence-corrected chi connectivity index (χ0v) is 15.1. The fourth-order valence-corrected chi connectivity index (χ4v) is 2.32. The van der Waals surface area contributed by atoms with Crippen LogP contribution in [0.1, 0.15) is 16.7 Å². The summed E-state index contributed by atoms with van der Waals surface area (Å²) in [6, 6.07) is 14.5. The molecule has 1 N–H and O–H groups in total. The third-order valence-electron chi connectivity index (χ3n) is 3.81. The van der Waals surface area contributed by atoms with E-state index in [0.717, 1.165) is 36.7 Å². The third kappa shape index (κ3) is 5.87. The number of nitrogens with one attached hydrogen (secondary N) is 1. The average Bonchev–Trinajstić information content (AvgIpc) is 2.58. The van der Waals surface area contributed by atoms with E-state index < -0.39 is 0 Å². The Kier molecular flexibility index (Phi) is 7.09. The number of methoxy groups -OCH3 is 1. The molecule has 0 aliphatic rings. The van der Waals surface area contributed by atoms with Crippen molar-refractivity contribution < 1.29 is 9.47 Å². The molecule has 2 aromatic rings. The van der Waals surface area contributed by atoms with E-state index >= 15 is 0 Å². The van der Waals surface area contributed by atoms with E-state index in [2.05, 4.69) is 61.6 Å². The minimum atomic E-state index is 0.539. The zero-order valence-electron chi connectivity index (χ0n) is 15.1. The Morgan fingerprint density at radius 2 is 1.67 bits per heavy atom. The molecule has 130 valence electrons. The first-order valence-electron chi connectivity index (χ1n) is 8.29. The van der Waals surface area contributed by atoms with Gasteiger partial charge in [-0.25, -0.2) is 0 Å². The number of hydrogen-bond donors (Lipinski definition) is 1. The van der Waals surface area contributed by atoms with Gasteiger partial charge in [-0.1, -0.05) is 35.9 Å². The largest absolute Gasteiger partial charge is 0.493 e. The van der Waals surface area contributed by atoms with Gasteiger partial charge in [-0.2, -0.15) is 0 Å². The van der Waals surface area contributed by atoms with E-state index in [0.29, 0.717) is 6.61 Å². The van der Waals surface area contributed by atoms with Crippen molar-refractivity contribution in [2.45, 2.75) is 20.1 Å². The van der Waals surface area contributed by atoms with Gasteiger partial charge >= 0.3 is 0 Å². The van der Waals surface area contributed by atoms with E-state index in [4.69, 9.17) is 9.47 Å². The van der Waals surface area contributed by atoms with Crippen molar-refractivity contribution in [3.8, 4) is 11.5 Å². The monoisotopic (exact) mass is 328 g/mol. The Balaban J connectivity index is 1.91. The summed E-state index contributed by atoms with van der Waals surface area (Å²) in [5, 5.41) is 3.43. The summed E-state index contributed by atoms with van der Waals surface area (Å²) >= 11 is 0. The molecule has 0 saturated heterocycles. The molecule has 0 amide bonds. The molecule has 2 aromatic carbocycles. The summed E-state index contributed by atoms with van der Waals surface area (Å²) in [6.07, 6.45) is 0. The topological polar surface area (TPSA) is 33.7 Å². The van der Waals surface area contributed by atoms with Crippen molar-refractivity contribution in [2.24, 2.45) is 0 Å². The lowest BCUT2D eigenvalue weighted by Gasteiger charge is -2.14. The number of likely N-dealkylation sites (N-methyl/N-ethyl adjacent to an activating group) is 1. The van der Waals surface area contributed by atoms with E-state index in [9.17, 15) is 0 Å². The molecule has 24 heavy (non-hydrogen) atoms. The number of benzene rings is 2. The van der Waals surface area contributed by atoms with E-state index in [-0.39, 0.29) is 0 Å². The van der Waals surface area contributed by atoms with Crippen LogP contribution in [0.3, 0.4) is 0 Å². The van der Waals surface area contributed by atoms with E-state index in [1.807, 2.05) is 12.1 Å². The molecular weight excluding hydrogens is 300 g/mol. The molecular formula is C20H28N2O2. The number of aryl methyl sites for hydroxylation is 1. The zero-order chi connectivity index (χ0) is 17.4. The smallest absolute Gasteiger partial charge is 0.161 e. The van der Waals surface area contributed by atoms with Crippen LogP contribution in [-0.4, -0.2) is 39.2 Å². The van der Waals surface area contributed by atoms with Gasteiger partial charge in [0, 0.05) is 19.6 Å². The number of rotatable bonds is 9. The molecule has 0 atom stereocenters. The fourth-order valence-electron chi connectivity index (χ4n) is 2.32. The Hall–Kier alpha value is -2.04. The maximum Gasteiger partial charge on any atom is 0.161 e. The third-order valence-corrected chi connectivity index (χ3v) is 3.81. The first-order chi connectivity index (χ1) is 11.6. The summed E-state index contributed by atoms with van der Waals surface area (Å²) in [5.41, 5.74) is 3.59. The minimum absolute atomic E-state index is 0.539. The van der Waals surface area contributed by atoms with Crippen molar-refractivity contribution in [3.63, 3.8) is 0 Å². The highest BCUT2D eigenvalue weighted by Crippen LogP contribution is 2.28. The Bertz CT molecular complexity index is 624. The first kappa shape index (κ1) is 18.3. The van der Waals surface area contributed by atoms with Crippen molar-refractivity contribution in [3.05, 3.63) is 59.2 Å². The van der Waals surface area contributed by atoms with Crippen LogP contribution in [0, 0.1) is 6.92 Å². The fraction of sp³-hybridized carbons (Fsp3) is 0.400. The SMILES string of the molecule is COc1cc(CNCCN(C)C)ccc1OCc1ccc(C)cc1. The number of nitrogens with zero attached hydrogens (tertiary/aromatic N) is 1. The number of hydrogen-bond acceptors (Lipinski definition) is 4. The molecule has 0 unspecified atom stereocenters. The average molecular weight is 328 g/mol. The van der Waals surface area contributed by atoms with Crippen LogP contribution in [0.2, 0.25) is 0 Å². The summed E-state index contributed by atoms with van der Waals surface area (Å²) in [6.45, 7) is 5.42. The Labute approximate surface area is 145 Å². The highest BCUT2D eigenvalue weighted by Gasteiger charge is 2.06. The van der Waals surface area contributed by atoms with Gasteiger partial charge in [0.1, 0.15) is 6.61 Å². The number of ether oxygens (including phenoxy) is 2. The van der Waals surface area contributed by atoms with E-state index in [1.165, 1.54) is 11.1 Å². The summed E-state index contributed by atoms with van der Waals surface area (Å²) in [5.74, 6) is 1.55. The first-order valence-corrected chi connectivity index (χ1v) is 8.29. The molecule has 0 fully saturated rings. The lowest BCUT2D eigenvalue weighted by molar-refractivity contribution is 0.284.